The van der Waals surface area contributed by atoms with Crippen molar-refractivity contribution in [1.82, 2.24) is 4.90 Å². The number of piperidine rings is 1. The third-order valence-corrected chi connectivity index (χ3v) is 5.85. The van der Waals surface area contributed by atoms with Crippen LogP contribution in [0, 0.1) is 19.8 Å². The summed E-state index contributed by atoms with van der Waals surface area (Å²) < 4.78 is 0. The SMILES string of the molecule is Cc1ccc(N=C2C(=O)N(CN3CCC(C)CC3)c3ccccc32)cc1C. The summed E-state index contributed by atoms with van der Waals surface area (Å²) in [5, 5.41) is 0. The van der Waals surface area contributed by atoms with Gasteiger partial charge in [-0.05, 0) is 61.9 Å². The molecule has 1 saturated heterocycles. The van der Waals surface area contributed by atoms with Crippen LogP contribution in [-0.2, 0) is 4.79 Å². The van der Waals surface area contributed by atoms with Crippen LogP contribution in [0.3, 0.4) is 0 Å². The van der Waals surface area contributed by atoms with Crippen molar-refractivity contribution < 1.29 is 4.79 Å². The molecule has 4 heteroatoms. The van der Waals surface area contributed by atoms with Crippen LogP contribution in [0.4, 0.5) is 11.4 Å². The number of carbonyl (C=O) groups excluding carboxylic acids is 1. The minimum absolute atomic E-state index is 0.00745. The summed E-state index contributed by atoms with van der Waals surface area (Å²) in [5.41, 5.74) is 5.73. The van der Waals surface area contributed by atoms with Crippen molar-refractivity contribution in [2.24, 2.45) is 10.9 Å². The highest BCUT2D eigenvalue weighted by Crippen LogP contribution is 2.32. The van der Waals surface area contributed by atoms with E-state index in [4.69, 9.17) is 4.99 Å². The molecule has 0 atom stereocenters. The number of hydrogen-bond donors (Lipinski definition) is 0. The molecule has 4 nitrogen and oxygen atoms in total. The average Bonchev–Trinajstić information content (AvgIpc) is 2.92. The number of para-hydroxylation sites is 1. The molecule has 1 amide bonds. The number of benzene rings is 2. The van der Waals surface area contributed by atoms with Crippen LogP contribution in [0.15, 0.2) is 47.5 Å². The van der Waals surface area contributed by atoms with E-state index in [1.807, 2.05) is 41.3 Å². The Hall–Kier alpha value is -2.46. The number of aliphatic imine (C=N–C) groups is 1. The van der Waals surface area contributed by atoms with Gasteiger partial charge >= 0.3 is 0 Å². The Morgan fingerprint density at radius 3 is 2.52 bits per heavy atom. The Labute approximate surface area is 161 Å². The lowest BCUT2D eigenvalue weighted by atomic mass is 10.00. The van der Waals surface area contributed by atoms with E-state index in [1.54, 1.807) is 0 Å². The molecule has 0 saturated carbocycles. The van der Waals surface area contributed by atoms with Crippen molar-refractivity contribution in [1.29, 1.82) is 0 Å². The molecule has 4 rings (SSSR count). The van der Waals surface area contributed by atoms with Crippen molar-refractivity contribution in [2.75, 3.05) is 24.7 Å². The molecule has 2 aromatic carbocycles. The summed E-state index contributed by atoms with van der Waals surface area (Å²) in [6, 6.07) is 14.1. The monoisotopic (exact) mass is 361 g/mol. The summed E-state index contributed by atoms with van der Waals surface area (Å²) in [5.74, 6) is 0.790. The molecule has 27 heavy (non-hydrogen) atoms. The predicted molar refractivity (Wildman–Crippen MR) is 111 cm³/mol. The van der Waals surface area contributed by atoms with E-state index >= 15 is 0 Å². The first-order valence-electron chi connectivity index (χ1n) is 9.82. The van der Waals surface area contributed by atoms with Crippen LogP contribution in [0.2, 0.25) is 0 Å². The van der Waals surface area contributed by atoms with Crippen molar-refractivity contribution in [3.8, 4) is 0 Å². The lowest BCUT2D eigenvalue weighted by Crippen LogP contribution is -2.44. The Kier molecular flexibility index (Phi) is 4.83. The number of hydrogen-bond acceptors (Lipinski definition) is 3. The zero-order valence-corrected chi connectivity index (χ0v) is 16.4. The van der Waals surface area contributed by atoms with Gasteiger partial charge in [0.15, 0.2) is 0 Å². The van der Waals surface area contributed by atoms with Crippen LogP contribution in [0.5, 0.6) is 0 Å². The van der Waals surface area contributed by atoms with Crippen molar-refractivity contribution in [2.45, 2.75) is 33.6 Å². The molecule has 2 aliphatic rings. The van der Waals surface area contributed by atoms with Gasteiger partial charge in [0.1, 0.15) is 5.71 Å². The average molecular weight is 361 g/mol. The minimum Gasteiger partial charge on any atom is -0.293 e. The second-order valence-electron chi connectivity index (χ2n) is 7.92. The maximum atomic E-state index is 13.2. The minimum atomic E-state index is 0.00745. The van der Waals surface area contributed by atoms with Crippen LogP contribution < -0.4 is 4.90 Å². The Bertz CT molecular complexity index is 894. The Morgan fingerprint density at radius 2 is 1.78 bits per heavy atom. The van der Waals surface area contributed by atoms with E-state index in [2.05, 4.69) is 31.7 Å². The molecule has 2 heterocycles. The molecule has 0 aromatic heterocycles. The highest BCUT2D eigenvalue weighted by Gasteiger charge is 2.35. The zero-order valence-electron chi connectivity index (χ0n) is 16.4. The smallest absolute Gasteiger partial charge is 0.278 e. The molecule has 0 aliphatic carbocycles. The number of carbonyl (C=O) groups is 1. The van der Waals surface area contributed by atoms with Crippen molar-refractivity contribution in [3.63, 3.8) is 0 Å². The first-order chi connectivity index (χ1) is 13.0. The lowest BCUT2D eigenvalue weighted by molar-refractivity contribution is -0.112. The van der Waals surface area contributed by atoms with Crippen molar-refractivity contribution in [3.05, 3.63) is 59.2 Å². The van der Waals surface area contributed by atoms with Crippen molar-refractivity contribution >= 4 is 23.0 Å². The van der Waals surface area contributed by atoms with Gasteiger partial charge in [-0.15, -0.1) is 0 Å². The van der Waals surface area contributed by atoms with Gasteiger partial charge in [0.05, 0.1) is 18.0 Å². The number of aryl methyl sites for hydroxylation is 2. The number of rotatable bonds is 3. The number of anilines is 1. The molecule has 1 fully saturated rings. The molecule has 0 unspecified atom stereocenters. The summed E-state index contributed by atoms with van der Waals surface area (Å²) in [6.45, 7) is 9.22. The zero-order chi connectivity index (χ0) is 19.0. The fourth-order valence-corrected chi connectivity index (χ4v) is 3.84. The summed E-state index contributed by atoms with van der Waals surface area (Å²) in [6.07, 6.45) is 2.40. The second-order valence-corrected chi connectivity index (χ2v) is 7.92. The molecule has 0 radical (unpaired) electrons. The van der Waals surface area contributed by atoms with Gasteiger partial charge in [-0.3, -0.25) is 14.6 Å². The molecule has 2 aromatic rings. The highest BCUT2D eigenvalue weighted by atomic mass is 16.2. The molecule has 0 bridgehead atoms. The number of amides is 1. The molecule has 140 valence electrons. The number of likely N-dealkylation sites (tertiary alicyclic amines) is 1. The maximum absolute atomic E-state index is 13.2. The van der Waals surface area contributed by atoms with Crippen LogP contribution in [-0.4, -0.2) is 36.3 Å². The summed E-state index contributed by atoms with van der Waals surface area (Å²) in [4.78, 5) is 22.2. The lowest BCUT2D eigenvalue weighted by Gasteiger charge is -2.33. The highest BCUT2D eigenvalue weighted by molar-refractivity contribution is 6.54. The number of fused-ring (bicyclic) bond motifs is 1. The molecular weight excluding hydrogens is 334 g/mol. The van der Waals surface area contributed by atoms with Gasteiger partial charge in [0.2, 0.25) is 0 Å². The van der Waals surface area contributed by atoms with E-state index in [0.29, 0.717) is 12.4 Å². The largest absolute Gasteiger partial charge is 0.293 e. The van der Waals surface area contributed by atoms with E-state index in [-0.39, 0.29) is 5.91 Å². The molecule has 0 spiro atoms. The Balaban J connectivity index is 1.65. The summed E-state index contributed by atoms with van der Waals surface area (Å²) >= 11 is 0. The standard InChI is InChI=1S/C23H27N3O/c1-16-10-12-25(13-11-16)15-26-21-7-5-4-6-20(21)22(23(26)27)24-19-9-8-17(2)18(3)14-19/h4-9,14,16H,10-13,15H2,1-3H3. The Morgan fingerprint density at radius 1 is 1.04 bits per heavy atom. The van der Waals surface area contributed by atoms with Gasteiger partial charge in [0, 0.05) is 18.7 Å². The van der Waals surface area contributed by atoms with E-state index < -0.39 is 0 Å². The van der Waals surface area contributed by atoms with Gasteiger partial charge < -0.3 is 0 Å². The summed E-state index contributed by atoms with van der Waals surface area (Å²) in [7, 11) is 0. The predicted octanol–water partition coefficient (Wildman–Crippen LogP) is 4.46. The van der Waals surface area contributed by atoms with E-state index in [9.17, 15) is 4.79 Å². The quantitative estimate of drug-likeness (QED) is 0.809. The second kappa shape index (κ2) is 7.28. The van der Waals surface area contributed by atoms with Gasteiger partial charge in [-0.25, -0.2) is 4.99 Å². The molecule has 0 N–H and O–H groups in total. The number of nitrogens with zero attached hydrogens (tertiary/aromatic N) is 3. The van der Waals surface area contributed by atoms with E-state index in [1.165, 1.54) is 24.0 Å². The first-order valence-corrected chi connectivity index (χ1v) is 9.82. The normalized spacial score (nSPS) is 19.7. The van der Waals surface area contributed by atoms with Gasteiger partial charge in [-0.2, -0.15) is 0 Å². The third-order valence-electron chi connectivity index (χ3n) is 5.85. The topological polar surface area (TPSA) is 35.9 Å². The fourth-order valence-electron chi connectivity index (χ4n) is 3.84. The van der Waals surface area contributed by atoms with Crippen LogP contribution >= 0.6 is 0 Å². The van der Waals surface area contributed by atoms with Crippen LogP contribution in [0.25, 0.3) is 0 Å². The van der Waals surface area contributed by atoms with Gasteiger partial charge in [0.25, 0.3) is 5.91 Å². The van der Waals surface area contributed by atoms with Gasteiger partial charge in [-0.1, -0.05) is 31.2 Å². The maximum Gasteiger partial charge on any atom is 0.278 e. The van der Waals surface area contributed by atoms with E-state index in [0.717, 1.165) is 35.9 Å². The third kappa shape index (κ3) is 3.54. The molecular formula is C23H27N3O. The fraction of sp³-hybridized carbons (Fsp3) is 0.391. The molecule has 2 aliphatic heterocycles. The first kappa shape index (κ1) is 17.9. The van der Waals surface area contributed by atoms with Crippen LogP contribution in [0.1, 0.15) is 36.5 Å².